The molecule has 35 heavy (non-hydrogen) atoms. The maximum Gasteiger partial charge on any atom is 0.307 e. The number of hydrogen-bond donors (Lipinski definition) is 2. The van der Waals surface area contributed by atoms with E-state index >= 15 is 0 Å². The molecule has 2 aromatic carbocycles. The Kier molecular flexibility index (Phi) is 6.73. The second-order valence-electron chi connectivity index (χ2n) is 8.25. The quantitative estimate of drug-likeness (QED) is 0.277. The van der Waals surface area contributed by atoms with Crippen LogP contribution in [0.5, 0.6) is 5.75 Å². The highest BCUT2D eigenvalue weighted by Crippen LogP contribution is 2.42. The Bertz CT molecular complexity index is 1290. The minimum atomic E-state index is -0.994. The fourth-order valence-corrected chi connectivity index (χ4v) is 4.09. The van der Waals surface area contributed by atoms with Gasteiger partial charge in [0.05, 0.1) is 24.9 Å². The van der Waals surface area contributed by atoms with E-state index in [1.54, 1.807) is 54.6 Å². The first-order valence-electron chi connectivity index (χ1n) is 11.2. The summed E-state index contributed by atoms with van der Waals surface area (Å²) in [5, 5.41) is 20.2. The number of ether oxygens (including phenoxy) is 1. The van der Waals surface area contributed by atoms with Gasteiger partial charge in [0, 0.05) is 11.3 Å². The number of aryl methyl sites for hydroxylation is 1. The lowest BCUT2D eigenvalue weighted by molar-refractivity contribution is -0.136. The van der Waals surface area contributed by atoms with Crippen LogP contribution in [0.3, 0.4) is 0 Å². The topological polar surface area (TPSA) is 117 Å². The van der Waals surface area contributed by atoms with Crippen LogP contribution in [0.25, 0.3) is 5.76 Å². The number of carboxylic acids is 1. The van der Waals surface area contributed by atoms with Crippen LogP contribution in [0.1, 0.15) is 41.8 Å². The van der Waals surface area contributed by atoms with Crippen molar-refractivity contribution in [3.8, 4) is 5.75 Å². The highest BCUT2D eigenvalue weighted by atomic mass is 16.5. The standard InChI is InChI=1S/C27H25NO7/c1-3-12-34-20-11-8-18(14-16(20)2)25(31)23-24(21-5-4-13-35-21)28(27(33)26(23)32)19-9-6-17(7-10-19)15-22(29)30/h4-11,13-14,24,31H,3,12,15H2,1-2H3,(H,29,30)/b25-23-. The van der Waals surface area contributed by atoms with Crippen LogP contribution in [-0.4, -0.2) is 34.5 Å². The first-order valence-corrected chi connectivity index (χ1v) is 11.2. The smallest absolute Gasteiger partial charge is 0.307 e. The predicted octanol–water partition coefficient (Wildman–Crippen LogP) is 4.63. The van der Waals surface area contributed by atoms with Gasteiger partial charge in [0.25, 0.3) is 11.7 Å². The molecule has 1 fully saturated rings. The molecule has 1 aliphatic heterocycles. The Morgan fingerprint density at radius 3 is 2.43 bits per heavy atom. The number of aliphatic hydroxyl groups is 1. The molecule has 1 saturated heterocycles. The van der Waals surface area contributed by atoms with E-state index in [1.807, 2.05) is 13.8 Å². The van der Waals surface area contributed by atoms with E-state index < -0.39 is 23.7 Å². The number of carbonyl (C=O) groups is 3. The van der Waals surface area contributed by atoms with Gasteiger partial charge in [-0.2, -0.15) is 0 Å². The highest BCUT2D eigenvalue weighted by Gasteiger charge is 2.48. The van der Waals surface area contributed by atoms with Crippen molar-refractivity contribution < 1.29 is 33.8 Å². The van der Waals surface area contributed by atoms with Gasteiger partial charge in [-0.15, -0.1) is 0 Å². The van der Waals surface area contributed by atoms with Crippen LogP contribution in [0.2, 0.25) is 0 Å². The molecular weight excluding hydrogens is 450 g/mol. The first kappa shape index (κ1) is 23.8. The first-order chi connectivity index (χ1) is 16.8. The summed E-state index contributed by atoms with van der Waals surface area (Å²) in [6, 6.07) is 13.6. The second-order valence-corrected chi connectivity index (χ2v) is 8.25. The normalized spacial score (nSPS) is 17.1. The molecule has 3 aromatic rings. The molecule has 1 unspecified atom stereocenters. The molecule has 2 heterocycles. The Morgan fingerprint density at radius 1 is 1.09 bits per heavy atom. The zero-order valence-corrected chi connectivity index (χ0v) is 19.4. The highest BCUT2D eigenvalue weighted by molar-refractivity contribution is 6.51. The van der Waals surface area contributed by atoms with Crippen LogP contribution in [0.4, 0.5) is 5.69 Å². The van der Waals surface area contributed by atoms with Gasteiger partial charge < -0.3 is 19.4 Å². The van der Waals surface area contributed by atoms with E-state index in [2.05, 4.69) is 0 Å². The fourth-order valence-electron chi connectivity index (χ4n) is 4.09. The van der Waals surface area contributed by atoms with Crippen LogP contribution in [0, 0.1) is 6.92 Å². The summed E-state index contributed by atoms with van der Waals surface area (Å²) in [6.45, 7) is 4.40. The van der Waals surface area contributed by atoms with E-state index in [4.69, 9.17) is 14.3 Å². The maximum atomic E-state index is 13.2. The third-order valence-corrected chi connectivity index (χ3v) is 5.74. The van der Waals surface area contributed by atoms with E-state index in [-0.39, 0.29) is 17.8 Å². The second kappa shape index (κ2) is 9.89. The Morgan fingerprint density at radius 2 is 1.83 bits per heavy atom. The summed E-state index contributed by atoms with van der Waals surface area (Å²) in [7, 11) is 0. The average Bonchev–Trinajstić information content (AvgIpc) is 3.45. The summed E-state index contributed by atoms with van der Waals surface area (Å²) in [5.74, 6) is -1.98. The van der Waals surface area contributed by atoms with Crippen molar-refractivity contribution in [1.82, 2.24) is 0 Å². The summed E-state index contributed by atoms with van der Waals surface area (Å²) in [5.41, 5.74) is 1.98. The number of aliphatic hydroxyl groups excluding tert-OH is 1. The molecule has 8 nitrogen and oxygen atoms in total. The zero-order chi connectivity index (χ0) is 25.1. The van der Waals surface area contributed by atoms with Crippen LogP contribution < -0.4 is 9.64 Å². The molecule has 0 aliphatic carbocycles. The number of anilines is 1. The third kappa shape index (κ3) is 4.68. The van der Waals surface area contributed by atoms with Crippen LogP contribution in [-0.2, 0) is 20.8 Å². The van der Waals surface area contributed by atoms with Crippen molar-refractivity contribution >= 4 is 29.1 Å². The number of aliphatic carboxylic acids is 1. The lowest BCUT2D eigenvalue weighted by Crippen LogP contribution is -2.29. The van der Waals surface area contributed by atoms with E-state index in [1.165, 1.54) is 11.2 Å². The van der Waals surface area contributed by atoms with Crippen molar-refractivity contribution in [1.29, 1.82) is 0 Å². The molecule has 1 aromatic heterocycles. The van der Waals surface area contributed by atoms with Gasteiger partial charge in [0.1, 0.15) is 23.3 Å². The molecule has 0 radical (unpaired) electrons. The Balaban J connectivity index is 1.79. The minimum absolute atomic E-state index is 0.0961. The molecule has 2 N–H and O–H groups in total. The number of rotatable bonds is 8. The van der Waals surface area contributed by atoms with E-state index in [0.717, 1.165) is 12.0 Å². The summed E-state index contributed by atoms with van der Waals surface area (Å²) >= 11 is 0. The lowest BCUT2D eigenvalue weighted by atomic mass is 9.98. The van der Waals surface area contributed by atoms with Crippen molar-refractivity contribution in [3.63, 3.8) is 0 Å². The fraction of sp³-hybridized carbons (Fsp3) is 0.222. The molecule has 180 valence electrons. The number of hydrogen-bond acceptors (Lipinski definition) is 6. The number of carbonyl (C=O) groups excluding carboxylic acids is 2. The molecular formula is C27H25NO7. The van der Waals surface area contributed by atoms with Gasteiger partial charge >= 0.3 is 5.97 Å². The SMILES string of the molecule is CCCOc1ccc(/C(O)=C2/C(=O)C(=O)N(c3ccc(CC(=O)O)cc3)C2c2ccco2)cc1C. The summed E-state index contributed by atoms with van der Waals surface area (Å²) in [4.78, 5) is 38.5. The van der Waals surface area contributed by atoms with Gasteiger partial charge in [-0.1, -0.05) is 19.1 Å². The summed E-state index contributed by atoms with van der Waals surface area (Å²) in [6.07, 6.45) is 2.11. The van der Waals surface area contributed by atoms with Crippen LogP contribution in [0.15, 0.2) is 70.9 Å². The Hall–Kier alpha value is -4.33. The predicted molar refractivity (Wildman–Crippen MR) is 128 cm³/mol. The zero-order valence-electron chi connectivity index (χ0n) is 19.4. The number of benzene rings is 2. The maximum absolute atomic E-state index is 13.2. The molecule has 0 spiro atoms. The summed E-state index contributed by atoms with van der Waals surface area (Å²) < 4.78 is 11.3. The monoisotopic (exact) mass is 475 g/mol. The van der Waals surface area contributed by atoms with Crippen LogP contribution >= 0.6 is 0 Å². The van der Waals surface area contributed by atoms with Gasteiger partial charge in [-0.3, -0.25) is 19.3 Å². The van der Waals surface area contributed by atoms with Gasteiger partial charge in [-0.25, -0.2) is 0 Å². The van der Waals surface area contributed by atoms with Crippen molar-refractivity contribution in [2.45, 2.75) is 32.7 Å². The number of ketones is 1. The van der Waals surface area contributed by atoms with E-state index in [9.17, 15) is 19.5 Å². The number of amides is 1. The number of furan rings is 1. The van der Waals surface area contributed by atoms with Gasteiger partial charge in [0.2, 0.25) is 0 Å². The van der Waals surface area contributed by atoms with Crippen molar-refractivity contribution in [2.75, 3.05) is 11.5 Å². The molecule has 1 amide bonds. The third-order valence-electron chi connectivity index (χ3n) is 5.74. The molecule has 0 bridgehead atoms. The largest absolute Gasteiger partial charge is 0.507 e. The average molecular weight is 475 g/mol. The van der Waals surface area contributed by atoms with Gasteiger partial charge in [-0.05, 0) is 66.9 Å². The van der Waals surface area contributed by atoms with Crippen molar-refractivity contribution in [3.05, 3.63) is 88.9 Å². The number of Topliss-reactive ketones (excluding diaryl/α,β-unsaturated/α-hetero) is 1. The minimum Gasteiger partial charge on any atom is -0.507 e. The molecule has 0 saturated carbocycles. The molecule has 1 aliphatic rings. The number of carboxylic acid groups (broad SMARTS) is 1. The van der Waals surface area contributed by atoms with Gasteiger partial charge in [0.15, 0.2) is 0 Å². The molecule has 8 heteroatoms. The number of nitrogens with zero attached hydrogens (tertiary/aromatic N) is 1. The molecule has 1 atom stereocenters. The lowest BCUT2D eigenvalue weighted by Gasteiger charge is -2.23. The van der Waals surface area contributed by atoms with E-state index in [0.29, 0.717) is 34.9 Å². The van der Waals surface area contributed by atoms with Crippen molar-refractivity contribution in [2.24, 2.45) is 0 Å². The molecule has 4 rings (SSSR count). The Labute approximate surface area is 202 Å².